The lowest BCUT2D eigenvalue weighted by Gasteiger charge is -2.20. The predicted molar refractivity (Wildman–Crippen MR) is 64.6 cm³/mol. The number of nitrogens with one attached hydrogen (secondary N) is 1. The zero-order valence-corrected chi connectivity index (χ0v) is 9.91. The number of carbonyl (C=O) groups is 1. The van der Waals surface area contributed by atoms with Crippen molar-refractivity contribution in [1.82, 2.24) is 0 Å². The van der Waals surface area contributed by atoms with Gasteiger partial charge in [-0.15, -0.1) is 0 Å². The van der Waals surface area contributed by atoms with Gasteiger partial charge < -0.3 is 15.8 Å². The second-order valence-electron chi connectivity index (χ2n) is 4.83. The summed E-state index contributed by atoms with van der Waals surface area (Å²) < 4.78 is 5.63. The Morgan fingerprint density at radius 1 is 1.38 bits per heavy atom. The van der Waals surface area contributed by atoms with Crippen molar-refractivity contribution in [2.75, 3.05) is 11.9 Å². The first-order valence-electron chi connectivity index (χ1n) is 5.17. The predicted octanol–water partition coefficient (Wildman–Crippen LogP) is 2.60. The van der Waals surface area contributed by atoms with Crippen molar-refractivity contribution in [2.24, 2.45) is 11.1 Å². The minimum absolute atomic E-state index is 0.0693. The van der Waals surface area contributed by atoms with Gasteiger partial charge in [-0.2, -0.15) is 0 Å². The van der Waals surface area contributed by atoms with Gasteiger partial charge in [0, 0.05) is 0 Å². The molecule has 0 bridgehead atoms. The summed E-state index contributed by atoms with van der Waals surface area (Å²) in [7, 11) is 0. The molecule has 0 saturated heterocycles. The van der Waals surface area contributed by atoms with Crippen LogP contribution in [-0.4, -0.2) is 12.6 Å². The van der Waals surface area contributed by atoms with E-state index in [9.17, 15) is 4.79 Å². The monoisotopic (exact) mass is 222 g/mol. The van der Waals surface area contributed by atoms with Crippen LogP contribution >= 0.6 is 0 Å². The van der Waals surface area contributed by atoms with Crippen LogP contribution < -0.4 is 15.8 Å². The van der Waals surface area contributed by atoms with Crippen LogP contribution in [0.25, 0.3) is 0 Å². The smallest absolute Gasteiger partial charge is 0.316 e. The highest BCUT2D eigenvalue weighted by Crippen LogP contribution is 2.25. The van der Waals surface area contributed by atoms with E-state index in [4.69, 9.17) is 10.5 Å². The third-order valence-corrected chi connectivity index (χ3v) is 1.81. The molecular weight excluding hydrogens is 204 g/mol. The van der Waals surface area contributed by atoms with Gasteiger partial charge in [0.05, 0.1) is 12.3 Å². The molecule has 3 N–H and O–H groups in total. The molecule has 88 valence electrons. The summed E-state index contributed by atoms with van der Waals surface area (Å²) in [5.74, 6) is 0.635. The second kappa shape index (κ2) is 4.88. The minimum Gasteiger partial charge on any atom is -0.491 e. The highest BCUT2D eigenvalue weighted by molar-refractivity contribution is 5.89. The summed E-state index contributed by atoms with van der Waals surface area (Å²) in [5.41, 5.74) is 5.74. The number of benzene rings is 1. The average Bonchev–Trinajstić information content (AvgIpc) is 2.14. The Labute approximate surface area is 95.8 Å². The van der Waals surface area contributed by atoms with Crippen molar-refractivity contribution in [1.29, 1.82) is 0 Å². The maximum atomic E-state index is 10.8. The number of amides is 2. The number of hydrogen-bond acceptors (Lipinski definition) is 2. The molecule has 0 heterocycles. The van der Waals surface area contributed by atoms with Crippen LogP contribution in [0.4, 0.5) is 10.5 Å². The fraction of sp³-hybridized carbons (Fsp3) is 0.417. The van der Waals surface area contributed by atoms with Crippen LogP contribution in [0, 0.1) is 5.41 Å². The number of carbonyl (C=O) groups excluding carboxylic acids is 1. The SMILES string of the molecule is CC(C)(C)COc1ccccc1NC(N)=O. The fourth-order valence-electron chi connectivity index (χ4n) is 1.12. The lowest BCUT2D eigenvalue weighted by molar-refractivity contribution is 0.198. The van der Waals surface area contributed by atoms with E-state index < -0.39 is 6.03 Å². The molecule has 0 aromatic heterocycles. The van der Waals surface area contributed by atoms with Crippen molar-refractivity contribution in [3.8, 4) is 5.75 Å². The quantitative estimate of drug-likeness (QED) is 0.825. The van der Waals surface area contributed by atoms with Gasteiger partial charge in [0.1, 0.15) is 5.75 Å². The molecule has 0 radical (unpaired) electrons. The zero-order chi connectivity index (χ0) is 12.2. The summed E-state index contributed by atoms with van der Waals surface area (Å²) in [4.78, 5) is 10.8. The molecular formula is C12H18N2O2. The average molecular weight is 222 g/mol. The van der Waals surface area contributed by atoms with E-state index >= 15 is 0 Å². The van der Waals surface area contributed by atoms with Gasteiger partial charge in [-0.25, -0.2) is 4.79 Å². The van der Waals surface area contributed by atoms with Crippen LogP contribution in [0.15, 0.2) is 24.3 Å². The third-order valence-electron chi connectivity index (χ3n) is 1.81. The van der Waals surface area contributed by atoms with E-state index in [1.807, 2.05) is 12.1 Å². The van der Waals surface area contributed by atoms with Gasteiger partial charge in [-0.1, -0.05) is 32.9 Å². The number of ether oxygens (including phenoxy) is 1. The number of hydrogen-bond donors (Lipinski definition) is 2. The summed E-state index contributed by atoms with van der Waals surface area (Å²) in [6, 6.07) is 6.63. The topological polar surface area (TPSA) is 64.3 Å². The van der Waals surface area contributed by atoms with Crippen molar-refractivity contribution >= 4 is 11.7 Å². The summed E-state index contributed by atoms with van der Waals surface area (Å²) in [6.45, 7) is 6.82. The van der Waals surface area contributed by atoms with Gasteiger partial charge in [0.2, 0.25) is 0 Å². The number of nitrogens with two attached hydrogens (primary N) is 1. The molecule has 2 amide bonds. The fourth-order valence-corrected chi connectivity index (χ4v) is 1.12. The number of anilines is 1. The molecule has 0 unspecified atom stereocenters. The van der Waals surface area contributed by atoms with E-state index in [1.54, 1.807) is 12.1 Å². The van der Waals surface area contributed by atoms with E-state index in [-0.39, 0.29) is 5.41 Å². The molecule has 1 aromatic carbocycles. The van der Waals surface area contributed by atoms with E-state index in [1.165, 1.54) is 0 Å². The summed E-state index contributed by atoms with van der Waals surface area (Å²) in [6.07, 6.45) is 0. The first kappa shape index (κ1) is 12.4. The number of primary amides is 1. The van der Waals surface area contributed by atoms with E-state index in [0.29, 0.717) is 18.0 Å². The van der Waals surface area contributed by atoms with Crippen molar-refractivity contribution in [3.63, 3.8) is 0 Å². The van der Waals surface area contributed by atoms with E-state index in [2.05, 4.69) is 26.1 Å². The van der Waals surface area contributed by atoms with Crippen LogP contribution in [-0.2, 0) is 0 Å². The normalized spacial score (nSPS) is 10.9. The second-order valence-corrected chi connectivity index (χ2v) is 4.83. The first-order chi connectivity index (χ1) is 7.38. The Morgan fingerprint density at radius 2 is 2.00 bits per heavy atom. The number of para-hydroxylation sites is 2. The van der Waals surface area contributed by atoms with Gasteiger partial charge >= 0.3 is 6.03 Å². The maximum absolute atomic E-state index is 10.8. The van der Waals surface area contributed by atoms with Gasteiger partial charge in [0.15, 0.2) is 0 Å². The lowest BCUT2D eigenvalue weighted by Crippen LogP contribution is -2.21. The zero-order valence-electron chi connectivity index (χ0n) is 9.91. The summed E-state index contributed by atoms with van der Waals surface area (Å²) >= 11 is 0. The standard InChI is InChI=1S/C12H18N2O2/c1-12(2,3)8-16-10-7-5-4-6-9(10)14-11(13)15/h4-7H,8H2,1-3H3,(H3,13,14,15). The Hall–Kier alpha value is -1.71. The Balaban J connectivity index is 2.75. The molecule has 4 nitrogen and oxygen atoms in total. The molecule has 1 aromatic rings. The van der Waals surface area contributed by atoms with Crippen LogP contribution in [0.5, 0.6) is 5.75 Å². The number of rotatable bonds is 3. The van der Waals surface area contributed by atoms with Crippen molar-refractivity contribution in [3.05, 3.63) is 24.3 Å². The molecule has 0 spiro atoms. The molecule has 0 aliphatic heterocycles. The summed E-state index contributed by atoms with van der Waals surface area (Å²) in [5, 5.41) is 2.52. The van der Waals surface area contributed by atoms with Gasteiger partial charge in [-0.3, -0.25) is 0 Å². The van der Waals surface area contributed by atoms with Crippen LogP contribution in [0.2, 0.25) is 0 Å². The van der Waals surface area contributed by atoms with Gasteiger partial charge in [0.25, 0.3) is 0 Å². The van der Waals surface area contributed by atoms with Crippen molar-refractivity contribution in [2.45, 2.75) is 20.8 Å². The lowest BCUT2D eigenvalue weighted by atomic mass is 9.99. The van der Waals surface area contributed by atoms with Crippen LogP contribution in [0.3, 0.4) is 0 Å². The molecule has 1 rings (SSSR count). The molecule has 0 aliphatic carbocycles. The molecule has 0 saturated carbocycles. The molecule has 16 heavy (non-hydrogen) atoms. The largest absolute Gasteiger partial charge is 0.491 e. The first-order valence-corrected chi connectivity index (χ1v) is 5.17. The molecule has 0 fully saturated rings. The molecule has 4 heteroatoms. The Morgan fingerprint density at radius 3 is 2.56 bits per heavy atom. The molecule has 0 aliphatic rings. The van der Waals surface area contributed by atoms with Crippen LogP contribution in [0.1, 0.15) is 20.8 Å². The van der Waals surface area contributed by atoms with Crippen molar-refractivity contribution < 1.29 is 9.53 Å². The maximum Gasteiger partial charge on any atom is 0.316 e. The highest BCUT2D eigenvalue weighted by atomic mass is 16.5. The minimum atomic E-state index is -0.591. The Kier molecular flexibility index (Phi) is 3.77. The number of urea groups is 1. The van der Waals surface area contributed by atoms with E-state index in [0.717, 1.165) is 0 Å². The third kappa shape index (κ3) is 4.21. The van der Waals surface area contributed by atoms with Gasteiger partial charge in [-0.05, 0) is 17.5 Å². The molecule has 0 atom stereocenters. The Bertz CT molecular complexity index is 370. The highest BCUT2D eigenvalue weighted by Gasteiger charge is 2.12.